The number of primary sulfonamides is 1. The maximum absolute atomic E-state index is 12.1. The molecule has 0 saturated carbocycles. The molecule has 2 rings (SSSR count). The highest BCUT2D eigenvalue weighted by molar-refractivity contribution is 9.10. The molecule has 0 spiro atoms. The van der Waals surface area contributed by atoms with Crippen molar-refractivity contribution >= 4 is 37.5 Å². The zero-order valence-electron chi connectivity index (χ0n) is 11.0. The first-order valence-electron chi connectivity index (χ1n) is 5.84. The van der Waals surface area contributed by atoms with Gasteiger partial charge in [-0.1, -0.05) is 0 Å². The van der Waals surface area contributed by atoms with Crippen molar-refractivity contribution in [1.29, 1.82) is 0 Å². The Kier molecular flexibility index (Phi) is 4.40. The molecule has 0 aliphatic rings. The van der Waals surface area contributed by atoms with Crippen LogP contribution in [0.3, 0.4) is 0 Å². The van der Waals surface area contributed by atoms with Crippen LogP contribution in [0.5, 0.6) is 0 Å². The lowest BCUT2D eigenvalue weighted by molar-refractivity contribution is 0.102. The third-order valence-electron chi connectivity index (χ3n) is 2.68. The molecule has 8 heteroatoms. The van der Waals surface area contributed by atoms with Crippen LogP contribution in [0.1, 0.15) is 16.1 Å². The maximum Gasteiger partial charge on any atom is 0.255 e. The summed E-state index contributed by atoms with van der Waals surface area (Å²) in [5, 5.41) is 7.72. The standard InChI is InChI=1S/C13H12BrN3O3S/c1-8-6-9(4-5-16-8)13(18)17-12-3-2-10(7-11(12)14)21(15,19)20/h2-7H,1H3,(H,17,18)(H2,15,19,20). The van der Waals surface area contributed by atoms with Gasteiger partial charge < -0.3 is 5.32 Å². The molecule has 2 aromatic rings. The summed E-state index contributed by atoms with van der Waals surface area (Å²) in [6.07, 6.45) is 1.55. The van der Waals surface area contributed by atoms with Crippen molar-refractivity contribution in [2.75, 3.05) is 5.32 Å². The number of amides is 1. The Bertz CT molecular complexity index is 806. The van der Waals surface area contributed by atoms with Crippen LogP contribution in [-0.4, -0.2) is 19.3 Å². The Labute approximate surface area is 130 Å². The Morgan fingerprint density at radius 1 is 1.29 bits per heavy atom. The largest absolute Gasteiger partial charge is 0.321 e. The van der Waals surface area contributed by atoms with Crippen LogP contribution in [0.4, 0.5) is 5.69 Å². The van der Waals surface area contributed by atoms with Gasteiger partial charge in [0.25, 0.3) is 5.91 Å². The van der Waals surface area contributed by atoms with Gasteiger partial charge in [0.05, 0.1) is 10.6 Å². The van der Waals surface area contributed by atoms with Crippen LogP contribution in [0, 0.1) is 6.92 Å². The first kappa shape index (κ1) is 15.6. The fourth-order valence-electron chi connectivity index (χ4n) is 1.66. The average molecular weight is 370 g/mol. The Morgan fingerprint density at radius 2 is 2.00 bits per heavy atom. The second-order valence-corrected chi connectivity index (χ2v) is 6.74. The minimum absolute atomic E-state index is 0.0351. The summed E-state index contributed by atoms with van der Waals surface area (Å²) < 4.78 is 22.9. The number of nitrogens with two attached hydrogens (primary N) is 1. The predicted octanol–water partition coefficient (Wildman–Crippen LogP) is 2.05. The molecule has 1 aromatic heterocycles. The molecular formula is C13H12BrN3O3S. The van der Waals surface area contributed by atoms with Gasteiger partial charge in [0.2, 0.25) is 10.0 Å². The highest BCUT2D eigenvalue weighted by Gasteiger charge is 2.13. The van der Waals surface area contributed by atoms with Gasteiger partial charge in [0.15, 0.2) is 0 Å². The molecule has 21 heavy (non-hydrogen) atoms. The van der Waals surface area contributed by atoms with Crippen LogP contribution >= 0.6 is 15.9 Å². The number of anilines is 1. The van der Waals surface area contributed by atoms with Crippen molar-refractivity contribution in [3.8, 4) is 0 Å². The van der Waals surface area contributed by atoms with Crippen molar-refractivity contribution in [1.82, 2.24) is 4.98 Å². The van der Waals surface area contributed by atoms with E-state index in [-0.39, 0.29) is 10.8 Å². The number of benzene rings is 1. The third kappa shape index (κ3) is 3.87. The molecule has 1 aromatic carbocycles. The minimum Gasteiger partial charge on any atom is -0.321 e. The number of carbonyl (C=O) groups excluding carboxylic acids is 1. The minimum atomic E-state index is -3.78. The van der Waals surface area contributed by atoms with Gasteiger partial charge in [-0.2, -0.15) is 0 Å². The van der Waals surface area contributed by atoms with Crippen molar-refractivity contribution < 1.29 is 13.2 Å². The summed E-state index contributed by atoms with van der Waals surface area (Å²) in [5.74, 6) is -0.315. The van der Waals surface area contributed by atoms with Crippen molar-refractivity contribution in [3.05, 3.63) is 52.3 Å². The number of pyridine rings is 1. The van der Waals surface area contributed by atoms with Crippen LogP contribution in [0.25, 0.3) is 0 Å². The molecule has 1 heterocycles. The fraction of sp³-hybridized carbons (Fsp3) is 0.0769. The number of rotatable bonds is 3. The first-order valence-corrected chi connectivity index (χ1v) is 8.17. The van der Waals surface area contributed by atoms with Crippen LogP contribution in [0.15, 0.2) is 45.9 Å². The lowest BCUT2D eigenvalue weighted by Gasteiger charge is -2.09. The molecule has 3 N–H and O–H groups in total. The monoisotopic (exact) mass is 369 g/mol. The van der Waals surface area contributed by atoms with Crippen LogP contribution in [0.2, 0.25) is 0 Å². The summed E-state index contributed by atoms with van der Waals surface area (Å²) >= 11 is 3.21. The number of hydrogen-bond acceptors (Lipinski definition) is 4. The summed E-state index contributed by atoms with van der Waals surface area (Å²) in [6.45, 7) is 1.79. The van der Waals surface area contributed by atoms with E-state index in [1.807, 2.05) is 0 Å². The number of halogens is 1. The van der Waals surface area contributed by atoms with E-state index in [0.29, 0.717) is 15.7 Å². The van der Waals surface area contributed by atoms with Gasteiger partial charge in [-0.05, 0) is 53.2 Å². The summed E-state index contributed by atoms with van der Waals surface area (Å²) in [4.78, 5) is 16.1. The van der Waals surface area contributed by atoms with Crippen LogP contribution < -0.4 is 10.5 Å². The topological polar surface area (TPSA) is 102 Å². The van der Waals surface area contributed by atoms with E-state index >= 15 is 0 Å². The van der Waals surface area contributed by atoms with E-state index in [1.165, 1.54) is 18.2 Å². The summed E-state index contributed by atoms with van der Waals surface area (Å²) in [6, 6.07) is 7.38. The van der Waals surface area contributed by atoms with Gasteiger partial charge in [0, 0.05) is 21.9 Å². The Morgan fingerprint density at radius 3 is 2.57 bits per heavy atom. The van der Waals surface area contributed by atoms with E-state index in [4.69, 9.17) is 5.14 Å². The third-order valence-corrected chi connectivity index (χ3v) is 4.24. The molecule has 0 fully saturated rings. The molecule has 0 atom stereocenters. The summed E-state index contributed by atoms with van der Waals surface area (Å²) in [7, 11) is -3.78. The van der Waals surface area contributed by atoms with Gasteiger partial charge in [0.1, 0.15) is 0 Å². The zero-order chi connectivity index (χ0) is 15.6. The quantitative estimate of drug-likeness (QED) is 0.863. The van der Waals surface area contributed by atoms with Gasteiger partial charge in [-0.3, -0.25) is 9.78 Å². The second kappa shape index (κ2) is 5.92. The van der Waals surface area contributed by atoms with Crippen LogP contribution in [-0.2, 0) is 10.0 Å². The van der Waals surface area contributed by atoms with E-state index < -0.39 is 10.0 Å². The summed E-state index contributed by atoms with van der Waals surface area (Å²) in [5.41, 5.74) is 1.64. The molecule has 6 nitrogen and oxygen atoms in total. The smallest absolute Gasteiger partial charge is 0.255 e. The molecule has 0 bridgehead atoms. The predicted molar refractivity (Wildman–Crippen MR) is 82.4 cm³/mol. The van der Waals surface area contributed by atoms with E-state index in [9.17, 15) is 13.2 Å². The van der Waals surface area contributed by atoms with E-state index in [1.54, 1.807) is 25.3 Å². The Balaban J connectivity index is 2.26. The van der Waals surface area contributed by atoms with Crippen molar-refractivity contribution in [2.24, 2.45) is 5.14 Å². The number of hydrogen-bond donors (Lipinski definition) is 2. The molecule has 110 valence electrons. The number of aryl methyl sites for hydroxylation is 1. The highest BCUT2D eigenvalue weighted by atomic mass is 79.9. The SMILES string of the molecule is Cc1cc(C(=O)Nc2ccc(S(N)(=O)=O)cc2Br)ccn1. The molecule has 1 amide bonds. The normalized spacial score (nSPS) is 11.2. The second-order valence-electron chi connectivity index (χ2n) is 4.33. The number of sulfonamides is 1. The number of aromatic nitrogens is 1. The van der Waals surface area contributed by atoms with Gasteiger partial charge in [-0.15, -0.1) is 0 Å². The van der Waals surface area contributed by atoms with Gasteiger partial charge >= 0.3 is 0 Å². The molecule has 0 saturated heterocycles. The fourth-order valence-corrected chi connectivity index (χ4v) is 2.82. The number of carbonyl (C=O) groups is 1. The van der Waals surface area contributed by atoms with Crippen molar-refractivity contribution in [2.45, 2.75) is 11.8 Å². The number of nitrogens with zero attached hydrogens (tertiary/aromatic N) is 1. The average Bonchev–Trinajstić information content (AvgIpc) is 2.39. The lowest BCUT2D eigenvalue weighted by Crippen LogP contribution is -2.14. The molecular weight excluding hydrogens is 358 g/mol. The maximum atomic E-state index is 12.1. The lowest BCUT2D eigenvalue weighted by atomic mass is 10.2. The van der Waals surface area contributed by atoms with Gasteiger partial charge in [-0.25, -0.2) is 13.6 Å². The highest BCUT2D eigenvalue weighted by Crippen LogP contribution is 2.25. The first-order chi connectivity index (χ1) is 9.77. The Hall–Kier alpha value is -1.77. The molecule has 0 radical (unpaired) electrons. The molecule has 0 aliphatic heterocycles. The zero-order valence-corrected chi connectivity index (χ0v) is 13.4. The number of nitrogens with one attached hydrogen (secondary N) is 1. The molecule has 0 unspecified atom stereocenters. The van der Waals surface area contributed by atoms with E-state index in [0.717, 1.165) is 5.69 Å². The molecule has 0 aliphatic carbocycles. The van der Waals surface area contributed by atoms with Crippen molar-refractivity contribution in [3.63, 3.8) is 0 Å². The van der Waals surface area contributed by atoms with E-state index in [2.05, 4.69) is 26.2 Å².